The summed E-state index contributed by atoms with van der Waals surface area (Å²) < 4.78 is 26.6. The number of sulfonamides is 1. The number of benzene rings is 1. The van der Waals surface area contributed by atoms with Crippen molar-refractivity contribution in [3.63, 3.8) is 0 Å². The normalized spacial score (nSPS) is 17.6. The molecule has 0 aliphatic heterocycles. The lowest BCUT2D eigenvalue weighted by atomic mass is 9.89. The Morgan fingerprint density at radius 1 is 1.25 bits per heavy atom. The smallest absolute Gasteiger partial charge is 0.242 e. The Hall–Kier alpha value is -0.910. The highest BCUT2D eigenvalue weighted by Crippen LogP contribution is 2.26. The van der Waals surface area contributed by atoms with Crippen molar-refractivity contribution < 1.29 is 8.42 Å². The summed E-state index contributed by atoms with van der Waals surface area (Å²) in [5, 5.41) is 0. The van der Waals surface area contributed by atoms with Gasteiger partial charge in [-0.15, -0.1) is 0 Å². The molecule has 0 aromatic heterocycles. The van der Waals surface area contributed by atoms with E-state index in [-0.39, 0.29) is 0 Å². The summed E-state index contributed by atoms with van der Waals surface area (Å²) in [6.07, 6.45) is 6.01. The molecule has 112 valence electrons. The second-order valence-electron chi connectivity index (χ2n) is 5.64. The number of hydrogen-bond donors (Lipinski definition) is 1. The zero-order valence-corrected chi connectivity index (χ0v) is 12.9. The minimum absolute atomic E-state index is 0.346. The molecule has 0 saturated heterocycles. The van der Waals surface area contributed by atoms with E-state index in [4.69, 9.17) is 5.73 Å². The van der Waals surface area contributed by atoms with Crippen LogP contribution in [0, 0.1) is 5.92 Å². The van der Waals surface area contributed by atoms with E-state index in [1.54, 1.807) is 25.2 Å². The van der Waals surface area contributed by atoms with E-state index in [2.05, 4.69) is 0 Å². The molecule has 0 atom stereocenters. The lowest BCUT2D eigenvalue weighted by Gasteiger charge is -2.26. The number of hydrogen-bond acceptors (Lipinski definition) is 3. The summed E-state index contributed by atoms with van der Waals surface area (Å²) >= 11 is 0. The highest BCUT2D eigenvalue weighted by Gasteiger charge is 2.24. The first kappa shape index (κ1) is 15.5. The minimum Gasteiger partial charge on any atom is -0.326 e. The molecule has 0 bridgehead atoms. The van der Waals surface area contributed by atoms with E-state index >= 15 is 0 Å². The van der Waals surface area contributed by atoms with Crippen LogP contribution in [0.5, 0.6) is 0 Å². The Morgan fingerprint density at radius 2 is 1.95 bits per heavy atom. The number of nitrogens with two attached hydrogens (primary N) is 1. The maximum atomic E-state index is 12.6. The molecule has 0 spiro atoms. The Morgan fingerprint density at radius 3 is 2.60 bits per heavy atom. The van der Waals surface area contributed by atoms with Crippen molar-refractivity contribution in [2.45, 2.75) is 43.5 Å². The van der Waals surface area contributed by atoms with Gasteiger partial charge in [0.25, 0.3) is 0 Å². The third kappa shape index (κ3) is 3.59. The van der Waals surface area contributed by atoms with Gasteiger partial charge < -0.3 is 5.73 Å². The van der Waals surface area contributed by atoms with Crippen LogP contribution in [0.2, 0.25) is 0 Å². The molecule has 0 heterocycles. The zero-order valence-electron chi connectivity index (χ0n) is 12.1. The third-order valence-electron chi connectivity index (χ3n) is 4.08. The van der Waals surface area contributed by atoms with Gasteiger partial charge in [-0.2, -0.15) is 0 Å². The van der Waals surface area contributed by atoms with Crippen molar-refractivity contribution in [1.29, 1.82) is 0 Å². The van der Waals surface area contributed by atoms with Gasteiger partial charge in [-0.25, -0.2) is 12.7 Å². The molecule has 0 radical (unpaired) electrons. The Bertz CT molecular complexity index is 537. The molecule has 0 unspecified atom stereocenters. The summed E-state index contributed by atoms with van der Waals surface area (Å²) in [6, 6.07) is 6.92. The molecule has 1 aromatic rings. The van der Waals surface area contributed by atoms with Crippen molar-refractivity contribution in [1.82, 2.24) is 4.31 Å². The van der Waals surface area contributed by atoms with Gasteiger partial charge in [0, 0.05) is 20.1 Å². The third-order valence-corrected chi connectivity index (χ3v) is 5.90. The van der Waals surface area contributed by atoms with Crippen LogP contribution in [0.15, 0.2) is 29.2 Å². The lowest BCUT2D eigenvalue weighted by molar-refractivity contribution is 0.300. The summed E-state index contributed by atoms with van der Waals surface area (Å²) in [5.74, 6) is 0.501. The monoisotopic (exact) mass is 296 g/mol. The van der Waals surface area contributed by atoms with Crippen LogP contribution >= 0.6 is 0 Å². The molecule has 1 fully saturated rings. The van der Waals surface area contributed by atoms with Crippen LogP contribution in [0.4, 0.5) is 0 Å². The molecule has 1 aromatic carbocycles. The first-order chi connectivity index (χ1) is 9.54. The fourth-order valence-corrected chi connectivity index (χ4v) is 4.16. The summed E-state index contributed by atoms with van der Waals surface area (Å²) in [7, 11) is -1.71. The van der Waals surface area contributed by atoms with Crippen molar-refractivity contribution >= 4 is 10.0 Å². The quantitative estimate of drug-likeness (QED) is 0.907. The second-order valence-corrected chi connectivity index (χ2v) is 7.69. The molecule has 5 heteroatoms. The van der Waals surface area contributed by atoms with Crippen molar-refractivity contribution in [2.24, 2.45) is 11.7 Å². The van der Waals surface area contributed by atoms with Crippen LogP contribution in [-0.2, 0) is 16.6 Å². The Kier molecular flexibility index (Phi) is 5.18. The maximum Gasteiger partial charge on any atom is 0.242 e. The largest absolute Gasteiger partial charge is 0.326 e. The first-order valence-corrected chi connectivity index (χ1v) is 8.73. The van der Waals surface area contributed by atoms with Gasteiger partial charge in [0.05, 0.1) is 4.90 Å². The van der Waals surface area contributed by atoms with Crippen LogP contribution in [0.3, 0.4) is 0 Å². The van der Waals surface area contributed by atoms with Crippen LogP contribution in [0.1, 0.15) is 37.7 Å². The predicted molar refractivity (Wildman–Crippen MR) is 80.7 cm³/mol. The molecule has 20 heavy (non-hydrogen) atoms. The standard InChI is InChI=1S/C15H24N2O2S/c1-17(12-13-6-3-2-4-7-13)20(18,19)15-9-5-8-14(10-15)11-16/h5,8-10,13H,2-4,6-7,11-12,16H2,1H3. The fraction of sp³-hybridized carbons (Fsp3) is 0.600. The summed E-state index contributed by atoms with van der Waals surface area (Å²) in [4.78, 5) is 0.346. The lowest BCUT2D eigenvalue weighted by Crippen LogP contribution is -2.32. The van der Waals surface area contributed by atoms with E-state index in [9.17, 15) is 8.42 Å². The molecular formula is C15H24N2O2S. The molecule has 4 nitrogen and oxygen atoms in total. The van der Waals surface area contributed by atoms with Gasteiger partial charge in [-0.05, 0) is 36.5 Å². The summed E-state index contributed by atoms with van der Waals surface area (Å²) in [5.41, 5.74) is 6.42. The van der Waals surface area contributed by atoms with Crippen molar-refractivity contribution in [3.8, 4) is 0 Å². The van der Waals surface area contributed by atoms with Gasteiger partial charge in [0.15, 0.2) is 0 Å². The van der Waals surface area contributed by atoms with E-state index in [0.717, 1.165) is 18.4 Å². The van der Waals surface area contributed by atoms with Crippen LogP contribution in [0.25, 0.3) is 0 Å². The molecule has 1 aliphatic carbocycles. The Balaban J connectivity index is 2.11. The molecule has 0 amide bonds. The van der Waals surface area contributed by atoms with Gasteiger partial charge in [0.2, 0.25) is 10.0 Å². The van der Waals surface area contributed by atoms with Crippen molar-refractivity contribution in [3.05, 3.63) is 29.8 Å². The first-order valence-electron chi connectivity index (χ1n) is 7.29. The summed E-state index contributed by atoms with van der Waals surface area (Å²) in [6.45, 7) is 0.977. The maximum absolute atomic E-state index is 12.6. The van der Waals surface area contributed by atoms with Crippen LogP contribution < -0.4 is 5.73 Å². The molecular weight excluding hydrogens is 272 g/mol. The fourth-order valence-electron chi connectivity index (χ4n) is 2.84. The van der Waals surface area contributed by atoms with Crippen molar-refractivity contribution in [2.75, 3.05) is 13.6 Å². The number of rotatable bonds is 5. The molecule has 2 rings (SSSR count). The Labute approximate surface area is 122 Å². The number of nitrogens with zero attached hydrogens (tertiary/aromatic N) is 1. The average Bonchev–Trinajstić information content (AvgIpc) is 2.48. The highest BCUT2D eigenvalue weighted by molar-refractivity contribution is 7.89. The minimum atomic E-state index is -3.39. The van der Waals surface area contributed by atoms with Gasteiger partial charge in [0.1, 0.15) is 0 Å². The highest BCUT2D eigenvalue weighted by atomic mass is 32.2. The zero-order chi connectivity index (χ0) is 14.6. The van der Waals surface area contributed by atoms with Crippen LogP contribution in [-0.4, -0.2) is 26.3 Å². The van der Waals surface area contributed by atoms with E-state index in [1.807, 2.05) is 6.07 Å². The molecule has 1 saturated carbocycles. The van der Waals surface area contributed by atoms with E-state index in [0.29, 0.717) is 23.9 Å². The van der Waals surface area contributed by atoms with Gasteiger partial charge in [-0.3, -0.25) is 0 Å². The predicted octanol–water partition coefficient (Wildman–Crippen LogP) is 2.35. The SMILES string of the molecule is CN(CC1CCCCC1)S(=O)(=O)c1cccc(CN)c1. The van der Waals surface area contributed by atoms with E-state index < -0.39 is 10.0 Å². The average molecular weight is 296 g/mol. The van der Waals surface area contributed by atoms with E-state index in [1.165, 1.54) is 23.6 Å². The van der Waals surface area contributed by atoms with Gasteiger partial charge >= 0.3 is 0 Å². The molecule has 1 aliphatic rings. The second kappa shape index (κ2) is 6.70. The topological polar surface area (TPSA) is 63.4 Å². The molecule has 2 N–H and O–H groups in total. The van der Waals surface area contributed by atoms with Gasteiger partial charge in [-0.1, -0.05) is 31.4 Å².